The quantitative estimate of drug-likeness (QED) is 0.128. The Balaban J connectivity index is 1.36. The molecule has 0 spiro atoms. The minimum atomic E-state index is -0.915. The summed E-state index contributed by atoms with van der Waals surface area (Å²) in [6.07, 6.45) is 11.4. The highest BCUT2D eigenvalue weighted by atomic mass is 16.5. The number of rotatable bonds is 15. The largest absolute Gasteiger partial charge is 0.494 e. The van der Waals surface area contributed by atoms with Crippen molar-refractivity contribution in [3.63, 3.8) is 0 Å². The van der Waals surface area contributed by atoms with E-state index in [1.165, 1.54) is 5.56 Å². The SMILES string of the molecule is O=C(O)CCCc1cn(CC(=O)O)c2c(/C=C/c3ccc(CCCCCOc4ccccc4)cc3)cccc12. The Morgan fingerprint density at radius 3 is 2.31 bits per heavy atom. The van der Waals surface area contributed by atoms with E-state index in [0.717, 1.165) is 65.6 Å². The van der Waals surface area contributed by atoms with Crippen molar-refractivity contribution < 1.29 is 24.5 Å². The molecule has 0 aliphatic carbocycles. The molecule has 1 aromatic heterocycles. The van der Waals surface area contributed by atoms with Crippen LogP contribution in [0.15, 0.2) is 79.0 Å². The van der Waals surface area contributed by atoms with Gasteiger partial charge in [-0.1, -0.05) is 72.8 Å². The zero-order chi connectivity index (χ0) is 27.5. The molecule has 0 saturated heterocycles. The molecule has 0 bridgehead atoms. The first-order chi connectivity index (χ1) is 19.0. The van der Waals surface area contributed by atoms with Crippen LogP contribution in [-0.2, 0) is 29.0 Å². The molecule has 6 nitrogen and oxygen atoms in total. The summed E-state index contributed by atoms with van der Waals surface area (Å²) < 4.78 is 7.51. The normalized spacial score (nSPS) is 11.3. The number of unbranched alkanes of at least 4 members (excludes halogenated alkanes) is 2. The Bertz CT molecular complexity index is 1400. The number of aliphatic carboxylic acids is 2. The van der Waals surface area contributed by atoms with Crippen molar-refractivity contribution >= 4 is 35.0 Å². The number of carboxylic acids is 2. The zero-order valence-corrected chi connectivity index (χ0v) is 22.1. The van der Waals surface area contributed by atoms with Gasteiger partial charge in [0.15, 0.2) is 0 Å². The van der Waals surface area contributed by atoms with Crippen LogP contribution in [0.1, 0.15) is 54.4 Å². The van der Waals surface area contributed by atoms with E-state index in [-0.39, 0.29) is 13.0 Å². The zero-order valence-electron chi connectivity index (χ0n) is 22.1. The number of benzene rings is 3. The van der Waals surface area contributed by atoms with Crippen LogP contribution >= 0.6 is 0 Å². The summed E-state index contributed by atoms with van der Waals surface area (Å²) in [6.45, 7) is 0.591. The lowest BCUT2D eigenvalue weighted by Crippen LogP contribution is -2.07. The molecular formula is C33H35NO5. The molecule has 0 fully saturated rings. The number of aromatic nitrogens is 1. The van der Waals surface area contributed by atoms with Gasteiger partial charge >= 0.3 is 11.9 Å². The number of nitrogens with zero attached hydrogens (tertiary/aromatic N) is 1. The fourth-order valence-corrected chi connectivity index (χ4v) is 4.79. The number of para-hydroxylation sites is 2. The van der Waals surface area contributed by atoms with Gasteiger partial charge in [0.25, 0.3) is 0 Å². The van der Waals surface area contributed by atoms with Crippen LogP contribution in [0.5, 0.6) is 5.75 Å². The molecule has 4 rings (SSSR count). The number of aryl methyl sites for hydroxylation is 2. The maximum atomic E-state index is 11.5. The minimum absolute atomic E-state index is 0.0872. The maximum absolute atomic E-state index is 11.5. The average Bonchev–Trinajstić information content (AvgIpc) is 3.27. The first-order valence-electron chi connectivity index (χ1n) is 13.5. The third kappa shape index (κ3) is 8.34. The highest BCUT2D eigenvalue weighted by Crippen LogP contribution is 2.28. The molecule has 0 aliphatic rings. The molecule has 6 heteroatoms. The van der Waals surface area contributed by atoms with Crippen molar-refractivity contribution in [2.24, 2.45) is 0 Å². The molecule has 0 aliphatic heterocycles. The summed E-state index contributed by atoms with van der Waals surface area (Å²) in [5.74, 6) is -0.821. The van der Waals surface area contributed by atoms with Gasteiger partial charge in [0.05, 0.1) is 12.1 Å². The second kappa shape index (κ2) is 14.0. The third-order valence-corrected chi connectivity index (χ3v) is 6.71. The van der Waals surface area contributed by atoms with Gasteiger partial charge in [-0.3, -0.25) is 9.59 Å². The van der Waals surface area contributed by atoms with Crippen LogP contribution < -0.4 is 4.74 Å². The first-order valence-corrected chi connectivity index (χ1v) is 13.5. The molecule has 202 valence electrons. The fourth-order valence-electron chi connectivity index (χ4n) is 4.79. The molecule has 0 amide bonds. The second-order valence-electron chi connectivity index (χ2n) is 9.71. The highest BCUT2D eigenvalue weighted by molar-refractivity contribution is 5.94. The van der Waals surface area contributed by atoms with E-state index < -0.39 is 11.9 Å². The second-order valence-corrected chi connectivity index (χ2v) is 9.71. The minimum Gasteiger partial charge on any atom is -0.494 e. The Labute approximate surface area is 229 Å². The molecule has 3 aromatic carbocycles. The molecule has 4 aromatic rings. The predicted octanol–water partition coefficient (Wildman–Crippen LogP) is 7.10. The molecule has 1 heterocycles. The van der Waals surface area contributed by atoms with Crippen LogP contribution in [-0.4, -0.2) is 33.3 Å². The van der Waals surface area contributed by atoms with E-state index in [0.29, 0.717) is 12.8 Å². The van der Waals surface area contributed by atoms with Crippen molar-refractivity contribution in [3.05, 3.63) is 101 Å². The smallest absolute Gasteiger partial charge is 0.323 e. The Morgan fingerprint density at radius 2 is 1.56 bits per heavy atom. The molecule has 2 N–H and O–H groups in total. The summed E-state index contributed by atoms with van der Waals surface area (Å²) in [4.78, 5) is 22.4. The van der Waals surface area contributed by atoms with E-state index in [9.17, 15) is 14.7 Å². The van der Waals surface area contributed by atoms with E-state index in [2.05, 4.69) is 24.3 Å². The van der Waals surface area contributed by atoms with Crippen molar-refractivity contribution in [3.8, 4) is 5.75 Å². The predicted molar refractivity (Wildman–Crippen MR) is 155 cm³/mol. The summed E-state index contributed by atoms with van der Waals surface area (Å²) in [7, 11) is 0. The van der Waals surface area contributed by atoms with Crippen molar-refractivity contribution in [1.82, 2.24) is 4.57 Å². The lowest BCUT2D eigenvalue weighted by Gasteiger charge is -2.06. The van der Waals surface area contributed by atoms with Gasteiger partial charge in [-0.25, -0.2) is 0 Å². The van der Waals surface area contributed by atoms with Crippen LogP contribution in [0, 0.1) is 0 Å². The van der Waals surface area contributed by atoms with Gasteiger partial charge in [0, 0.05) is 18.0 Å². The van der Waals surface area contributed by atoms with Gasteiger partial charge in [-0.15, -0.1) is 0 Å². The average molecular weight is 526 g/mol. The standard InChI is InChI=1S/C33H35NO5/c35-31(36)15-8-11-28-23-34(24-32(37)38)33-27(10-7-14-30(28)33)21-20-26-18-16-25(17-19-26)9-3-2-6-22-39-29-12-4-1-5-13-29/h1,4-5,7,10,12-14,16-21,23H,2-3,6,8-9,11,15,22,24H2,(H,35,36)(H,37,38)/b21-20+. The van der Waals surface area contributed by atoms with E-state index in [4.69, 9.17) is 9.84 Å². The fraction of sp³-hybridized carbons (Fsp3) is 0.273. The van der Waals surface area contributed by atoms with Crippen LogP contribution in [0.3, 0.4) is 0 Å². The van der Waals surface area contributed by atoms with E-state index in [1.54, 1.807) is 4.57 Å². The topological polar surface area (TPSA) is 88.8 Å². The van der Waals surface area contributed by atoms with E-state index in [1.807, 2.05) is 66.9 Å². The van der Waals surface area contributed by atoms with Gasteiger partial charge in [0.2, 0.25) is 0 Å². The van der Waals surface area contributed by atoms with Crippen LogP contribution in [0.4, 0.5) is 0 Å². The van der Waals surface area contributed by atoms with Crippen molar-refractivity contribution in [2.45, 2.75) is 51.5 Å². The lowest BCUT2D eigenvalue weighted by atomic mass is 10.0. The number of ether oxygens (including phenoxy) is 1. The Morgan fingerprint density at radius 1 is 0.769 bits per heavy atom. The number of fused-ring (bicyclic) bond motifs is 1. The van der Waals surface area contributed by atoms with Crippen molar-refractivity contribution in [2.75, 3.05) is 6.61 Å². The molecule has 0 radical (unpaired) electrons. The molecule has 0 unspecified atom stereocenters. The van der Waals surface area contributed by atoms with Crippen LogP contribution in [0.25, 0.3) is 23.1 Å². The lowest BCUT2D eigenvalue weighted by molar-refractivity contribution is -0.138. The molecule has 39 heavy (non-hydrogen) atoms. The number of carbonyl (C=O) groups is 2. The number of hydrogen-bond acceptors (Lipinski definition) is 3. The molecule has 0 saturated carbocycles. The molecule has 0 atom stereocenters. The monoisotopic (exact) mass is 525 g/mol. The van der Waals surface area contributed by atoms with Crippen LogP contribution in [0.2, 0.25) is 0 Å². The van der Waals surface area contributed by atoms with Crippen molar-refractivity contribution in [1.29, 1.82) is 0 Å². The molecular weight excluding hydrogens is 490 g/mol. The first kappa shape index (κ1) is 27.7. The summed E-state index contributed by atoms with van der Waals surface area (Å²) >= 11 is 0. The third-order valence-electron chi connectivity index (χ3n) is 6.71. The number of carboxylic acid groups (broad SMARTS) is 2. The van der Waals surface area contributed by atoms with Gasteiger partial charge < -0.3 is 19.5 Å². The highest BCUT2D eigenvalue weighted by Gasteiger charge is 2.13. The number of hydrogen-bond donors (Lipinski definition) is 2. The Hall–Kier alpha value is -4.32. The maximum Gasteiger partial charge on any atom is 0.323 e. The summed E-state index contributed by atoms with van der Waals surface area (Å²) in [5, 5.41) is 19.4. The van der Waals surface area contributed by atoms with E-state index >= 15 is 0 Å². The summed E-state index contributed by atoms with van der Waals surface area (Å²) in [5.41, 5.74) is 5.14. The Kier molecular flexibility index (Phi) is 9.95. The summed E-state index contributed by atoms with van der Waals surface area (Å²) in [6, 6.07) is 24.4. The van der Waals surface area contributed by atoms with Gasteiger partial charge in [0.1, 0.15) is 12.3 Å². The van der Waals surface area contributed by atoms with Gasteiger partial charge in [-0.2, -0.15) is 0 Å². The van der Waals surface area contributed by atoms with Gasteiger partial charge in [-0.05, 0) is 72.9 Å².